The van der Waals surface area contributed by atoms with Gasteiger partial charge in [0, 0.05) is 5.69 Å². The molecule has 3 nitrogen and oxygen atoms in total. The van der Waals surface area contributed by atoms with E-state index >= 15 is 0 Å². The Morgan fingerprint density at radius 1 is 1.00 bits per heavy atom. The number of nitrogens with one attached hydrogen (secondary N) is 1. The van der Waals surface area contributed by atoms with Gasteiger partial charge in [-0.3, -0.25) is 0 Å². The summed E-state index contributed by atoms with van der Waals surface area (Å²) in [5, 5.41) is 3.33. The molecule has 1 N–H and O–H groups in total. The van der Waals surface area contributed by atoms with Crippen LogP contribution in [0.1, 0.15) is 41.8 Å². The highest BCUT2D eigenvalue weighted by atomic mass is 16.5. The highest BCUT2D eigenvalue weighted by molar-refractivity contribution is 5.98. The normalized spacial score (nSPS) is 18.0. The molecule has 2 unspecified atom stereocenters. The van der Waals surface area contributed by atoms with Gasteiger partial charge in [-0.1, -0.05) is 93.1 Å². The number of aryl methyl sites for hydroxylation is 1. The molecule has 0 amide bonds. The van der Waals surface area contributed by atoms with E-state index in [1.54, 1.807) is 0 Å². The molecule has 0 saturated heterocycles. The maximum Gasteiger partial charge on any atom is 0.339 e. The molecule has 0 radical (unpaired) electrons. The number of hydrogen-bond acceptors (Lipinski definition) is 3. The lowest BCUT2D eigenvalue weighted by Gasteiger charge is -2.39. The van der Waals surface area contributed by atoms with Crippen molar-refractivity contribution < 1.29 is 9.53 Å². The number of carbonyl (C=O) groups is 1. The number of ether oxygens (including phenoxy) is 1. The van der Waals surface area contributed by atoms with Gasteiger partial charge in [-0.15, -0.1) is 0 Å². The predicted octanol–water partition coefficient (Wildman–Crippen LogP) is 6.74. The average molecular weight is 412 g/mol. The summed E-state index contributed by atoms with van der Waals surface area (Å²) >= 11 is 0. The minimum atomic E-state index is -0.359. The zero-order valence-corrected chi connectivity index (χ0v) is 18.4. The molecule has 2 atom stereocenters. The van der Waals surface area contributed by atoms with Crippen molar-refractivity contribution in [3.63, 3.8) is 0 Å². The lowest BCUT2D eigenvalue weighted by Crippen LogP contribution is -2.40. The van der Waals surface area contributed by atoms with Crippen LogP contribution in [0.15, 0.2) is 85.1 Å². The summed E-state index contributed by atoms with van der Waals surface area (Å²) in [7, 11) is 0. The Morgan fingerprint density at radius 3 is 2.52 bits per heavy atom. The lowest BCUT2D eigenvalue weighted by atomic mass is 9.69. The first kappa shape index (κ1) is 20.9. The first-order chi connectivity index (χ1) is 15.1. The van der Waals surface area contributed by atoms with Crippen molar-refractivity contribution >= 4 is 11.7 Å². The van der Waals surface area contributed by atoms with Crippen LogP contribution in [0.3, 0.4) is 0 Å². The van der Waals surface area contributed by atoms with Gasteiger partial charge in [-0.2, -0.15) is 0 Å². The third-order valence-corrected chi connectivity index (χ3v) is 6.54. The molecule has 1 aliphatic heterocycles. The topological polar surface area (TPSA) is 38.3 Å². The fraction of sp³-hybridized carbons (Fsp3) is 0.250. The molecule has 158 valence electrons. The summed E-state index contributed by atoms with van der Waals surface area (Å²) in [6.45, 7) is 6.68. The molecular formula is C28H29NO2. The second kappa shape index (κ2) is 8.81. The van der Waals surface area contributed by atoms with Gasteiger partial charge in [-0.05, 0) is 47.4 Å². The van der Waals surface area contributed by atoms with E-state index in [-0.39, 0.29) is 11.4 Å². The van der Waals surface area contributed by atoms with E-state index in [1.807, 2.05) is 73.8 Å². The zero-order chi connectivity index (χ0) is 21.8. The Hall–Kier alpha value is -3.33. The largest absolute Gasteiger partial charge is 0.461 e. The Morgan fingerprint density at radius 2 is 1.74 bits per heavy atom. The first-order valence-corrected chi connectivity index (χ1v) is 10.9. The van der Waals surface area contributed by atoms with Crippen LogP contribution in [0.25, 0.3) is 11.1 Å². The smallest absolute Gasteiger partial charge is 0.339 e. The molecule has 0 aliphatic carbocycles. The summed E-state index contributed by atoms with van der Waals surface area (Å²) in [6, 6.07) is 24.2. The molecule has 0 fully saturated rings. The third-order valence-electron chi connectivity index (χ3n) is 6.54. The van der Waals surface area contributed by atoms with E-state index in [0.29, 0.717) is 18.1 Å². The molecule has 31 heavy (non-hydrogen) atoms. The van der Waals surface area contributed by atoms with Crippen molar-refractivity contribution in [1.82, 2.24) is 0 Å². The number of carbonyl (C=O) groups excluding carboxylic acids is 1. The van der Waals surface area contributed by atoms with Crippen LogP contribution in [0, 0.1) is 12.8 Å². The van der Waals surface area contributed by atoms with Crippen molar-refractivity contribution in [3.8, 4) is 11.1 Å². The number of esters is 1. The quantitative estimate of drug-likeness (QED) is 0.456. The van der Waals surface area contributed by atoms with Crippen LogP contribution in [-0.4, -0.2) is 12.6 Å². The van der Waals surface area contributed by atoms with Crippen molar-refractivity contribution in [3.05, 3.63) is 102 Å². The molecule has 3 aromatic carbocycles. The second-order valence-corrected chi connectivity index (χ2v) is 8.31. The van der Waals surface area contributed by atoms with Crippen molar-refractivity contribution in [2.75, 3.05) is 11.9 Å². The highest BCUT2D eigenvalue weighted by Crippen LogP contribution is 2.42. The minimum absolute atomic E-state index is 0.274. The van der Waals surface area contributed by atoms with Gasteiger partial charge in [0.05, 0.1) is 11.0 Å². The first-order valence-electron chi connectivity index (χ1n) is 10.9. The van der Waals surface area contributed by atoms with E-state index in [9.17, 15) is 4.79 Å². The molecule has 3 heteroatoms. The second-order valence-electron chi connectivity index (χ2n) is 8.31. The summed E-state index contributed by atoms with van der Waals surface area (Å²) in [6.07, 6.45) is 5.12. The zero-order valence-electron chi connectivity index (χ0n) is 18.4. The van der Waals surface area contributed by atoms with E-state index in [1.165, 1.54) is 5.56 Å². The SMILES string of the molecule is CCC(C)C1(COC(=O)c2c(C)cccc2-c2ccccc2)C=CNc2ccccc21. The predicted molar refractivity (Wildman–Crippen MR) is 127 cm³/mol. The van der Waals surface area contributed by atoms with Crippen LogP contribution in [0.2, 0.25) is 0 Å². The maximum absolute atomic E-state index is 13.4. The molecule has 4 rings (SSSR count). The van der Waals surface area contributed by atoms with Crippen molar-refractivity contribution in [2.24, 2.45) is 5.92 Å². The Kier molecular flexibility index (Phi) is 5.94. The Balaban J connectivity index is 1.68. The number of rotatable bonds is 6. The maximum atomic E-state index is 13.4. The van der Waals surface area contributed by atoms with Crippen molar-refractivity contribution in [1.29, 1.82) is 0 Å². The van der Waals surface area contributed by atoms with Crippen LogP contribution in [0.5, 0.6) is 0 Å². The number of anilines is 1. The summed E-state index contributed by atoms with van der Waals surface area (Å²) < 4.78 is 6.08. The van der Waals surface area contributed by atoms with Gasteiger partial charge in [0.15, 0.2) is 0 Å². The minimum Gasteiger partial charge on any atom is -0.461 e. The molecule has 0 aromatic heterocycles. The molecule has 1 heterocycles. The molecule has 0 bridgehead atoms. The summed E-state index contributed by atoms with van der Waals surface area (Å²) in [4.78, 5) is 13.4. The standard InChI is InChI=1S/C28H29NO2/c1-4-21(3)28(17-18-29-25-16-9-8-15-24(25)28)19-31-27(30)26-20(2)11-10-14-23(26)22-12-6-5-7-13-22/h5-18,21,29H,4,19H2,1-3H3. The highest BCUT2D eigenvalue weighted by Gasteiger charge is 2.39. The Bertz CT molecular complexity index is 1100. The molecule has 0 saturated carbocycles. The lowest BCUT2D eigenvalue weighted by molar-refractivity contribution is 0.0389. The molecule has 3 aromatic rings. The third kappa shape index (κ3) is 3.88. The monoisotopic (exact) mass is 411 g/mol. The molecule has 1 aliphatic rings. The van der Waals surface area contributed by atoms with Crippen LogP contribution in [-0.2, 0) is 10.2 Å². The van der Waals surface area contributed by atoms with Gasteiger partial charge in [-0.25, -0.2) is 4.79 Å². The van der Waals surface area contributed by atoms with Crippen molar-refractivity contribution in [2.45, 2.75) is 32.6 Å². The fourth-order valence-electron chi connectivity index (χ4n) is 4.50. The van der Waals surface area contributed by atoms with Gasteiger partial charge in [0.25, 0.3) is 0 Å². The van der Waals surface area contributed by atoms with Gasteiger partial charge < -0.3 is 10.1 Å². The fourth-order valence-corrected chi connectivity index (χ4v) is 4.50. The van der Waals surface area contributed by atoms with Crippen LogP contribution < -0.4 is 5.32 Å². The molecule has 0 spiro atoms. The van der Waals surface area contributed by atoms with Gasteiger partial charge >= 0.3 is 5.97 Å². The van der Waals surface area contributed by atoms with Gasteiger partial charge in [0.2, 0.25) is 0 Å². The van der Waals surface area contributed by atoms with E-state index in [0.717, 1.165) is 28.8 Å². The molecular weight excluding hydrogens is 382 g/mol. The van der Waals surface area contributed by atoms with E-state index < -0.39 is 0 Å². The average Bonchev–Trinajstić information content (AvgIpc) is 2.82. The van der Waals surface area contributed by atoms with E-state index in [2.05, 4.69) is 37.4 Å². The summed E-state index contributed by atoms with van der Waals surface area (Å²) in [5.74, 6) is 0.0364. The van der Waals surface area contributed by atoms with Gasteiger partial charge in [0.1, 0.15) is 6.61 Å². The summed E-state index contributed by atoms with van der Waals surface area (Å²) in [5.41, 5.74) is 5.37. The number of hydrogen-bond donors (Lipinski definition) is 1. The van der Waals surface area contributed by atoms with E-state index in [4.69, 9.17) is 4.74 Å². The number of para-hydroxylation sites is 1. The Labute approximate surface area is 184 Å². The van der Waals surface area contributed by atoms with Crippen LogP contribution in [0.4, 0.5) is 5.69 Å². The van der Waals surface area contributed by atoms with Crippen LogP contribution >= 0.6 is 0 Å². The number of benzene rings is 3. The number of fused-ring (bicyclic) bond motifs is 1.